The van der Waals surface area contributed by atoms with Crippen molar-refractivity contribution in [2.75, 3.05) is 6.26 Å². The van der Waals surface area contributed by atoms with E-state index in [4.69, 9.17) is 4.42 Å². The summed E-state index contributed by atoms with van der Waals surface area (Å²) in [6, 6.07) is 25.1. The van der Waals surface area contributed by atoms with Crippen LogP contribution in [0.5, 0.6) is 0 Å². The third kappa shape index (κ3) is 3.19. The molecule has 0 fully saturated rings. The molecule has 0 saturated carbocycles. The van der Waals surface area contributed by atoms with Gasteiger partial charge in [-0.05, 0) is 35.4 Å². The Morgan fingerprint density at radius 3 is 2.28 bits per heavy atom. The molecule has 0 saturated heterocycles. The summed E-state index contributed by atoms with van der Waals surface area (Å²) in [4.78, 5) is 5.05. The normalized spacial score (nSPS) is 13.5. The van der Waals surface area contributed by atoms with E-state index < -0.39 is 9.73 Å². The number of nitrogens with zero attached hydrogens (tertiary/aromatic N) is 2. The second-order valence-corrected chi connectivity index (χ2v) is 8.01. The molecule has 1 atom stereocenters. The van der Waals surface area contributed by atoms with E-state index in [-0.39, 0.29) is 6.01 Å². The molecule has 0 bridgehead atoms. The molecular formula is C20H16N2O2S. The first-order chi connectivity index (χ1) is 12.1. The van der Waals surface area contributed by atoms with Crippen molar-refractivity contribution in [2.24, 2.45) is 4.36 Å². The van der Waals surface area contributed by atoms with Crippen LogP contribution in [0, 0.1) is 0 Å². The Morgan fingerprint density at radius 1 is 0.880 bits per heavy atom. The predicted molar refractivity (Wildman–Crippen MR) is 100 cm³/mol. The van der Waals surface area contributed by atoms with E-state index in [1.807, 2.05) is 66.7 Å². The van der Waals surface area contributed by atoms with Crippen LogP contribution in [-0.4, -0.2) is 15.4 Å². The summed E-state index contributed by atoms with van der Waals surface area (Å²) in [6.07, 6.45) is 1.59. The fourth-order valence-corrected chi connectivity index (χ4v) is 3.78. The lowest BCUT2D eigenvalue weighted by Gasteiger charge is -2.01. The van der Waals surface area contributed by atoms with Crippen molar-refractivity contribution in [2.45, 2.75) is 4.90 Å². The summed E-state index contributed by atoms with van der Waals surface area (Å²) in [7, 11) is -2.60. The summed E-state index contributed by atoms with van der Waals surface area (Å²) in [5.41, 5.74) is 3.48. The molecule has 1 unspecified atom stereocenters. The minimum Gasteiger partial charge on any atom is -0.422 e. The zero-order chi connectivity index (χ0) is 17.3. The maximum absolute atomic E-state index is 12.9. The van der Waals surface area contributed by atoms with Gasteiger partial charge < -0.3 is 4.42 Å². The first-order valence-electron chi connectivity index (χ1n) is 7.85. The zero-order valence-electron chi connectivity index (χ0n) is 13.6. The van der Waals surface area contributed by atoms with Crippen LogP contribution in [0.25, 0.3) is 22.2 Å². The molecule has 4 nitrogen and oxygen atoms in total. The standard InChI is InChI=1S/C20H16N2O2S/c1-25(23,17-10-6-3-7-11-17)22-20-21-18-14-16(12-13-19(18)24-20)15-8-4-2-5-9-15/h2-14H,1H3. The van der Waals surface area contributed by atoms with Crippen LogP contribution >= 0.6 is 0 Å². The molecule has 5 heteroatoms. The van der Waals surface area contributed by atoms with E-state index in [1.54, 1.807) is 18.4 Å². The summed E-state index contributed by atoms with van der Waals surface area (Å²) in [5.74, 6) is 0. The van der Waals surface area contributed by atoms with Crippen LogP contribution < -0.4 is 0 Å². The third-order valence-electron chi connectivity index (χ3n) is 3.92. The molecule has 1 aromatic heterocycles. The summed E-state index contributed by atoms with van der Waals surface area (Å²) in [5, 5.41) is 0. The zero-order valence-corrected chi connectivity index (χ0v) is 14.4. The van der Waals surface area contributed by atoms with Crippen LogP contribution in [0.4, 0.5) is 6.01 Å². The Hall–Kier alpha value is -2.92. The van der Waals surface area contributed by atoms with E-state index in [2.05, 4.69) is 9.35 Å². The minimum absolute atomic E-state index is 0.136. The van der Waals surface area contributed by atoms with Gasteiger partial charge in [0, 0.05) is 11.2 Å². The number of benzene rings is 3. The molecule has 25 heavy (non-hydrogen) atoms. The molecule has 4 rings (SSSR count). The van der Waals surface area contributed by atoms with Gasteiger partial charge in [0.25, 0.3) is 0 Å². The Morgan fingerprint density at radius 2 is 1.56 bits per heavy atom. The van der Waals surface area contributed by atoms with Crippen molar-refractivity contribution in [1.82, 2.24) is 4.98 Å². The molecule has 0 spiro atoms. The SMILES string of the molecule is CS(=O)(=Nc1nc2cc(-c3ccccc3)ccc2o1)c1ccccc1. The fraction of sp³-hybridized carbons (Fsp3) is 0.0500. The smallest absolute Gasteiger partial charge is 0.331 e. The van der Waals surface area contributed by atoms with E-state index >= 15 is 0 Å². The topological polar surface area (TPSA) is 55.5 Å². The lowest BCUT2D eigenvalue weighted by Crippen LogP contribution is -1.96. The van der Waals surface area contributed by atoms with Gasteiger partial charge in [-0.25, -0.2) is 4.21 Å². The highest BCUT2D eigenvalue weighted by molar-refractivity contribution is 7.93. The summed E-state index contributed by atoms with van der Waals surface area (Å²) in [6.45, 7) is 0. The number of rotatable bonds is 3. The highest BCUT2D eigenvalue weighted by Crippen LogP contribution is 2.28. The molecule has 124 valence electrons. The van der Waals surface area contributed by atoms with E-state index in [9.17, 15) is 4.21 Å². The van der Waals surface area contributed by atoms with Crippen molar-refractivity contribution in [3.05, 3.63) is 78.9 Å². The number of hydrogen-bond acceptors (Lipinski definition) is 4. The summed E-state index contributed by atoms with van der Waals surface area (Å²) >= 11 is 0. The van der Waals surface area contributed by atoms with Crippen molar-refractivity contribution >= 4 is 26.8 Å². The quantitative estimate of drug-likeness (QED) is 0.506. The minimum atomic E-state index is -2.60. The molecular weight excluding hydrogens is 332 g/mol. The van der Waals surface area contributed by atoms with Crippen LogP contribution in [0.3, 0.4) is 0 Å². The highest BCUT2D eigenvalue weighted by Gasteiger charge is 2.11. The van der Waals surface area contributed by atoms with Gasteiger partial charge in [0.1, 0.15) is 5.52 Å². The highest BCUT2D eigenvalue weighted by atomic mass is 32.2. The van der Waals surface area contributed by atoms with Gasteiger partial charge in [0.05, 0.1) is 9.73 Å². The third-order valence-corrected chi connectivity index (χ3v) is 5.57. The molecule has 0 radical (unpaired) electrons. The lowest BCUT2D eigenvalue weighted by molar-refractivity contribution is 0.612. The Balaban J connectivity index is 1.77. The molecule has 0 N–H and O–H groups in total. The van der Waals surface area contributed by atoms with Crippen molar-refractivity contribution in [3.63, 3.8) is 0 Å². The van der Waals surface area contributed by atoms with Crippen LogP contribution in [0.2, 0.25) is 0 Å². The first kappa shape index (κ1) is 15.6. The Bertz CT molecular complexity index is 1140. The fourth-order valence-electron chi connectivity index (χ4n) is 2.64. The maximum atomic E-state index is 12.9. The molecule has 3 aromatic carbocycles. The molecule has 0 amide bonds. The van der Waals surface area contributed by atoms with Crippen LogP contribution in [0.15, 0.2) is 92.5 Å². The number of hydrogen-bond donors (Lipinski definition) is 0. The second-order valence-electron chi connectivity index (χ2n) is 5.75. The monoisotopic (exact) mass is 348 g/mol. The largest absolute Gasteiger partial charge is 0.422 e. The van der Waals surface area contributed by atoms with Gasteiger partial charge in [0.15, 0.2) is 5.58 Å². The van der Waals surface area contributed by atoms with E-state index in [0.29, 0.717) is 16.0 Å². The number of oxazole rings is 1. The van der Waals surface area contributed by atoms with Gasteiger partial charge in [-0.2, -0.15) is 4.98 Å². The van der Waals surface area contributed by atoms with Crippen molar-refractivity contribution in [1.29, 1.82) is 0 Å². The molecule has 1 heterocycles. The van der Waals surface area contributed by atoms with Gasteiger partial charge in [-0.1, -0.05) is 54.6 Å². The molecule has 4 aromatic rings. The molecule has 0 aliphatic carbocycles. The van der Waals surface area contributed by atoms with Crippen LogP contribution in [0.1, 0.15) is 0 Å². The van der Waals surface area contributed by atoms with Gasteiger partial charge in [0.2, 0.25) is 0 Å². The average molecular weight is 348 g/mol. The van der Waals surface area contributed by atoms with Crippen LogP contribution in [-0.2, 0) is 9.73 Å². The Labute approximate surface area is 146 Å². The Kier molecular flexibility index (Phi) is 3.86. The number of fused-ring (bicyclic) bond motifs is 1. The molecule has 0 aliphatic rings. The average Bonchev–Trinajstić information content (AvgIpc) is 3.03. The van der Waals surface area contributed by atoms with Crippen molar-refractivity contribution < 1.29 is 8.63 Å². The van der Waals surface area contributed by atoms with Gasteiger partial charge in [-0.15, -0.1) is 4.36 Å². The molecule has 0 aliphatic heterocycles. The van der Waals surface area contributed by atoms with E-state index in [0.717, 1.165) is 11.1 Å². The summed E-state index contributed by atoms with van der Waals surface area (Å²) < 4.78 is 22.8. The van der Waals surface area contributed by atoms with E-state index in [1.165, 1.54) is 0 Å². The van der Waals surface area contributed by atoms with Gasteiger partial charge >= 0.3 is 6.01 Å². The second kappa shape index (κ2) is 6.18. The maximum Gasteiger partial charge on any atom is 0.331 e. The lowest BCUT2D eigenvalue weighted by atomic mass is 10.1. The van der Waals surface area contributed by atoms with Crippen molar-refractivity contribution in [3.8, 4) is 11.1 Å². The predicted octanol–water partition coefficient (Wildman–Crippen LogP) is 5.28. The first-order valence-corrected chi connectivity index (χ1v) is 9.77. The van der Waals surface area contributed by atoms with Gasteiger partial charge in [-0.3, -0.25) is 0 Å². The number of aromatic nitrogens is 1.